The number of fused-ring (bicyclic) bond motifs is 1. The minimum Gasteiger partial charge on any atom is -0.299 e. The standard InChI is InChI=1S/C20H17ClFN3S2/c1-12(2)25-19(16-11-26-18-6-4-3-5-15(16)18)23-24-20(25)27-10-13-7-8-14(22)9-17(13)21/h3-9,11-12H,10H2,1-2H3. The highest BCUT2D eigenvalue weighted by atomic mass is 35.5. The van der Waals surface area contributed by atoms with Crippen molar-refractivity contribution in [1.82, 2.24) is 14.8 Å². The highest BCUT2D eigenvalue weighted by molar-refractivity contribution is 7.98. The van der Waals surface area contributed by atoms with Crippen molar-refractivity contribution in [3.05, 3.63) is 64.2 Å². The summed E-state index contributed by atoms with van der Waals surface area (Å²) in [7, 11) is 0. The molecular formula is C20H17ClFN3S2. The lowest BCUT2D eigenvalue weighted by atomic mass is 10.1. The number of thiophene rings is 1. The Bertz CT molecular complexity index is 1100. The van der Waals surface area contributed by atoms with E-state index in [-0.39, 0.29) is 11.9 Å². The molecule has 0 fully saturated rings. The Balaban J connectivity index is 1.69. The van der Waals surface area contributed by atoms with Crippen LogP contribution in [0.2, 0.25) is 5.02 Å². The van der Waals surface area contributed by atoms with Crippen molar-refractivity contribution in [2.45, 2.75) is 30.8 Å². The molecule has 0 bridgehead atoms. The van der Waals surface area contributed by atoms with Gasteiger partial charge >= 0.3 is 0 Å². The number of aromatic nitrogens is 3. The third-order valence-electron chi connectivity index (χ3n) is 4.27. The normalized spacial score (nSPS) is 11.6. The summed E-state index contributed by atoms with van der Waals surface area (Å²) in [6, 6.07) is 13.0. The number of halogens is 2. The van der Waals surface area contributed by atoms with Crippen LogP contribution in [0, 0.1) is 5.82 Å². The van der Waals surface area contributed by atoms with E-state index in [0.29, 0.717) is 10.8 Å². The van der Waals surface area contributed by atoms with Crippen molar-refractivity contribution in [3.63, 3.8) is 0 Å². The molecule has 27 heavy (non-hydrogen) atoms. The van der Waals surface area contributed by atoms with Crippen molar-refractivity contribution >= 4 is 44.8 Å². The molecule has 0 N–H and O–H groups in total. The maximum atomic E-state index is 13.3. The van der Waals surface area contributed by atoms with Crippen molar-refractivity contribution < 1.29 is 4.39 Å². The summed E-state index contributed by atoms with van der Waals surface area (Å²) in [6.45, 7) is 4.24. The summed E-state index contributed by atoms with van der Waals surface area (Å²) in [6.07, 6.45) is 0. The van der Waals surface area contributed by atoms with Gasteiger partial charge < -0.3 is 0 Å². The van der Waals surface area contributed by atoms with Crippen LogP contribution < -0.4 is 0 Å². The van der Waals surface area contributed by atoms with Crippen LogP contribution >= 0.6 is 34.7 Å². The lowest BCUT2D eigenvalue weighted by Crippen LogP contribution is -2.05. The molecule has 2 heterocycles. The second-order valence-electron chi connectivity index (χ2n) is 6.44. The van der Waals surface area contributed by atoms with E-state index in [1.54, 1.807) is 29.2 Å². The van der Waals surface area contributed by atoms with E-state index in [4.69, 9.17) is 11.6 Å². The summed E-state index contributed by atoms with van der Waals surface area (Å²) in [5, 5.41) is 13.5. The van der Waals surface area contributed by atoms with Crippen LogP contribution in [0.5, 0.6) is 0 Å². The smallest absolute Gasteiger partial charge is 0.192 e. The molecule has 0 radical (unpaired) electrons. The molecule has 0 aliphatic rings. The largest absolute Gasteiger partial charge is 0.299 e. The van der Waals surface area contributed by atoms with Gasteiger partial charge in [-0.25, -0.2) is 4.39 Å². The second kappa shape index (κ2) is 7.62. The highest BCUT2D eigenvalue weighted by Crippen LogP contribution is 2.36. The average molecular weight is 418 g/mol. The van der Waals surface area contributed by atoms with E-state index in [1.165, 1.54) is 22.2 Å². The fourth-order valence-electron chi connectivity index (χ4n) is 2.96. The molecule has 0 aliphatic carbocycles. The fraction of sp³-hybridized carbons (Fsp3) is 0.200. The second-order valence-corrected chi connectivity index (χ2v) is 8.70. The van der Waals surface area contributed by atoms with Gasteiger partial charge in [0.15, 0.2) is 11.0 Å². The molecule has 4 rings (SSSR count). The van der Waals surface area contributed by atoms with Crippen LogP contribution in [0.25, 0.3) is 21.5 Å². The molecule has 4 aromatic rings. The first-order valence-electron chi connectivity index (χ1n) is 8.53. The van der Waals surface area contributed by atoms with Gasteiger partial charge in [-0.15, -0.1) is 21.5 Å². The number of nitrogens with zero attached hydrogens (tertiary/aromatic N) is 3. The molecular weight excluding hydrogens is 401 g/mol. The van der Waals surface area contributed by atoms with E-state index in [1.807, 2.05) is 12.1 Å². The lowest BCUT2D eigenvalue weighted by molar-refractivity contribution is 0.555. The topological polar surface area (TPSA) is 30.7 Å². The van der Waals surface area contributed by atoms with Crippen LogP contribution in [-0.4, -0.2) is 14.8 Å². The Morgan fingerprint density at radius 3 is 2.78 bits per heavy atom. The van der Waals surface area contributed by atoms with Crippen LogP contribution in [0.1, 0.15) is 25.5 Å². The summed E-state index contributed by atoms with van der Waals surface area (Å²) in [4.78, 5) is 0. The minimum atomic E-state index is -0.328. The fourth-order valence-corrected chi connectivity index (χ4v) is 5.28. The monoisotopic (exact) mass is 417 g/mol. The van der Waals surface area contributed by atoms with Gasteiger partial charge in [0.2, 0.25) is 0 Å². The maximum absolute atomic E-state index is 13.3. The quantitative estimate of drug-likeness (QED) is 0.333. The zero-order chi connectivity index (χ0) is 19.0. The molecule has 0 saturated heterocycles. The third-order valence-corrected chi connectivity index (χ3v) is 6.58. The molecule has 0 saturated carbocycles. The Morgan fingerprint density at radius 2 is 2.00 bits per heavy atom. The Morgan fingerprint density at radius 1 is 1.19 bits per heavy atom. The Kier molecular flexibility index (Phi) is 5.21. The zero-order valence-electron chi connectivity index (χ0n) is 14.8. The van der Waals surface area contributed by atoms with Gasteiger partial charge in [-0.05, 0) is 37.6 Å². The SMILES string of the molecule is CC(C)n1c(SCc2ccc(F)cc2Cl)nnc1-c1csc2ccccc12. The van der Waals surface area contributed by atoms with Gasteiger partial charge in [0.25, 0.3) is 0 Å². The summed E-state index contributed by atoms with van der Waals surface area (Å²) in [5.41, 5.74) is 1.98. The van der Waals surface area contributed by atoms with E-state index in [2.05, 4.69) is 46.1 Å². The first-order chi connectivity index (χ1) is 13.0. The first-order valence-corrected chi connectivity index (χ1v) is 10.8. The molecule has 0 unspecified atom stereocenters. The first kappa shape index (κ1) is 18.5. The van der Waals surface area contributed by atoms with Crippen molar-refractivity contribution in [1.29, 1.82) is 0 Å². The van der Waals surface area contributed by atoms with Gasteiger partial charge in [-0.1, -0.05) is 47.6 Å². The lowest BCUT2D eigenvalue weighted by Gasteiger charge is -2.13. The number of thioether (sulfide) groups is 1. The van der Waals surface area contributed by atoms with Crippen molar-refractivity contribution in [3.8, 4) is 11.4 Å². The predicted molar refractivity (Wildman–Crippen MR) is 112 cm³/mol. The molecule has 2 aromatic heterocycles. The van der Waals surface area contributed by atoms with Crippen LogP contribution in [-0.2, 0) is 5.75 Å². The van der Waals surface area contributed by atoms with Gasteiger partial charge in [0.05, 0.1) is 0 Å². The number of hydrogen-bond acceptors (Lipinski definition) is 4. The molecule has 2 aromatic carbocycles. The van der Waals surface area contributed by atoms with Crippen molar-refractivity contribution in [2.75, 3.05) is 0 Å². The molecule has 0 aliphatic heterocycles. The van der Waals surface area contributed by atoms with Crippen LogP contribution in [0.3, 0.4) is 0 Å². The number of benzene rings is 2. The average Bonchev–Trinajstić information content (AvgIpc) is 3.24. The molecule has 0 atom stereocenters. The van der Waals surface area contributed by atoms with E-state index in [0.717, 1.165) is 22.1 Å². The van der Waals surface area contributed by atoms with Gasteiger partial charge in [0.1, 0.15) is 5.82 Å². The van der Waals surface area contributed by atoms with Gasteiger partial charge in [0, 0.05) is 37.8 Å². The molecule has 138 valence electrons. The summed E-state index contributed by atoms with van der Waals surface area (Å²) >= 11 is 9.42. The van der Waals surface area contributed by atoms with Crippen molar-refractivity contribution in [2.24, 2.45) is 0 Å². The van der Waals surface area contributed by atoms with E-state index in [9.17, 15) is 4.39 Å². The van der Waals surface area contributed by atoms with Crippen LogP contribution in [0.15, 0.2) is 53.0 Å². The molecule has 0 spiro atoms. The maximum Gasteiger partial charge on any atom is 0.192 e. The van der Waals surface area contributed by atoms with Gasteiger partial charge in [-0.2, -0.15) is 0 Å². The van der Waals surface area contributed by atoms with Gasteiger partial charge in [-0.3, -0.25) is 4.57 Å². The summed E-state index contributed by atoms with van der Waals surface area (Å²) in [5.74, 6) is 1.15. The van der Waals surface area contributed by atoms with E-state index >= 15 is 0 Å². The third kappa shape index (κ3) is 3.61. The highest BCUT2D eigenvalue weighted by Gasteiger charge is 2.19. The number of rotatable bonds is 5. The molecule has 0 amide bonds. The molecule has 3 nitrogen and oxygen atoms in total. The Hall–Kier alpha value is -1.89. The van der Waals surface area contributed by atoms with E-state index < -0.39 is 0 Å². The zero-order valence-corrected chi connectivity index (χ0v) is 17.2. The number of hydrogen-bond donors (Lipinski definition) is 0. The summed E-state index contributed by atoms with van der Waals surface area (Å²) < 4.78 is 16.6. The molecule has 7 heteroatoms. The minimum absolute atomic E-state index is 0.208. The van der Waals surface area contributed by atoms with Crippen LogP contribution in [0.4, 0.5) is 4.39 Å². The Labute approximate surface area is 170 Å². The predicted octanol–water partition coefficient (Wildman–Crippen LogP) is 6.83.